The summed E-state index contributed by atoms with van der Waals surface area (Å²) in [6.45, 7) is 7.45. The maximum Gasteiger partial charge on any atom is 0.409 e. The van der Waals surface area contributed by atoms with E-state index in [1.807, 2.05) is 11.8 Å². The minimum atomic E-state index is -0.149. The van der Waals surface area contributed by atoms with Crippen LogP contribution in [-0.2, 0) is 4.74 Å². The Bertz CT molecular complexity index is 756. The molecule has 0 unspecified atom stereocenters. The maximum absolute atomic E-state index is 11.8. The van der Waals surface area contributed by atoms with E-state index >= 15 is 0 Å². The molecule has 5 nitrogen and oxygen atoms in total. The van der Waals surface area contributed by atoms with Crippen LogP contribution in [0, 0.1) is 5.92 Å². The summed E-state index contributed by atoms with van der Waals surface area (Å²) in [5.41, 5.74) is 2.45. The van der Waals surface area contributed by atoms with Crippen molar-refractivity contribution in [3.05, 3.63) is 36.1 Å². The third kappa shape index (κ3) is 4.13. The number of nitrogens with zero attached hydrogens (tertiary/aromatic N) is 2. The number of hydrogen-bond donors (Lipinski definition) is 0. The van der Waals surface area contributed by atoms with Gasteiger partial charge in [-0.2, -0.15) is 0 Å². The lowest BCUT2D eigenvalue weighted by molar-refractivity contribution is 0.0831. The lowest BCUT2D eigenvalue weighted by Gasteiger charge is -2.37. The van der Waals surface area contributed by atoms with Gasteiger partial charge in [0.25, 0.3) is 0 Å². The highest BCUT2D eigenvalue weighted by Gasteiger charge is 2.28. The predicted octanol–water partition coefficient (Wildman–Crippen LogP) is 4.48. The Morgan fingerprint density at radius 2 is 1.89 bits per heavy atom. The molecule has 0 N–H and O–H groups in total. The molecule has 2 aliphatic rings. The van der Waals surface area contributed by atoms with Crippen LogP contribution in [0.3, 0.4) is 0 Å². The zero-order valence-corrected chi connectivity index (χ0v) is 16.2. The third-order valence-corrected chi connectivity index (χ3v) is 6.19. The van der Waals surface area contributed by atoms with Gasteiger partial charge in [-0.25, -0.2) is 4.79 Å². The molecule has 0 bridgehead atoms. The van der Waals surface area contributed by atoms with Crippen LogP contribution in [0.4, 0.5) is 4.79 Å². The van der Waals surface area contributed by atoms with Crippen molar-refractivity contribution in [1.82, 2.24) is 9.80 Å². The van der Waals surface area contributed by atoms with Crippen molar-refractivity contribution in [3.8, 4) is 0 Å². The molecule has 2 aliphatic heterocycles. The van der Waals surface area contributed by atoms with Gasteiger partial charge < -0.3 is 19.0 Å². The second-order valence-electron chi connectivity index (χ2n) is 7.89. The van der Waals surface area contributed by atoms with Crippen molar-refractivity contribution in [2.45, 2.75) is 38.5 Å². The normalized spacial score (nSPS) is 20.3. The van der Waals surface area contributed by atoms with Gasteiger partial charge in [-0.3, -0.25) is 0 Å². The van der Waals surface area contributed by atoms with Crippen LogP contribution in [-0.4, -0.2) is 55.2 Å². The van der Waals surface area contributed by atoms with Crippen molar-refractivity contribution >= 4 is 17.1 Å². The monoisotopic (exact) mass is 370 g/mol. The minimum Gasteiger partial charge on any atom is -0.464 e. The first kappa shape index (κ1) is 18.4. The zero-order chi connectivity index (χ0) is 18.6. The fourth-order valence-electron chi connectivity index (χ4n) is 4.64. The molecule has 2 aromatic rings. The first-order chi connectivity index (χ1) is 13.2. The number of likely N-dealkylation sites (tertiary alicyclic amines) is 2. The second-order valence-corrected chi connectivity index (χ2v) is 7.89. The van der Waals surface area contributed by atoms with Crippen LogP contribution in [0.2, 0.25) is 0 Å². The third-order valence-electron chi connectivity index (χ3n) is 6.19. The molecule has 3 heterocycles. The Hall–Kier alpha value is -2.01. The van der Waals surface area contributed by atoms with Crippen LogP contribution in [0.15, 0.2) is 34.9 Å². The molecule has 1 amide bonds. The number of para-hydroxylation sites is 1. The smallest absolute Gasteiger partial charge is 0.409 e. The summed E-state index contributed by atoms with van der Waals surface area (Å²) in [5, 5.41) is 1.21. The number of benzene rings is 1. The molecular weight excluding hydrogens is 340 g/mol. The molecule has 0 atom stereocenters. The molecule has 5 heteroatoms. The summed E-state index contributed by atoms with van der Waals surface area (Å²) < 4.78 is 10.9. The molecule has 0 saturated carbocycles. The predicted molar refractivity (Wildman–Crippen MR) is 106 cm³/mol. The summed E-state index contributed by atoms with van der Waals surface area (Å²) >= 11 is 0. The average Bonchev–Trinajstić information content (AvgIpc) is 3.18. The highest BCUT2D eigenvalue weighted by molar-refractivity contribution is 5.80. The topological polar surface area (TPSA) is 45.9 Å². The molecule has 1 aromatic heterocycles. The van der Waals surface area contributed by atoms with Gasteiger partial charge in [-0.05, 0) is 69.2 Å². The molecular formula is C22H30N2O3. The number of carbonyl (C=O) groups is 1. The molecule has 0 radical (unpaired) electrons. The highest BCUT2D eigenvalue weighted by atomic mass is 16.6. The first-order valence-electron chi connectivity index (χ1n) is 10.3. The minimum absolute atomic E-state index is 0.149. The van der Waals surface area contributed by atoms with Crippen LogP contribution >= 0.6 is 0 Å². The van der Waals surface area contributed by atoms with Gasteiger partial charge in [-0.15, -0.1) is 0 Å². The maximum atomic E-state index is 11.8. The van der Waals surface area contributed by atoms with Crippen molar-refractivity contribution in [3.63, 3.8) is 0 Å². The lowest BCUT2D eigenvalue weighted by atomic mass is 9.87. The van der Waals surface area contributed by atoms with Gasteiger partial charge in [0, 0.05) is 25.0 Å². The molecule has 27 heavy (non-hydrogen) atoms. The van der Waals surface area contributed by atoms with E-state index in [2.05, 4.69) is 29.2 Å². The Balaban J connectivity index is 1.26. The molecule has 0 spiro atoms. The van der Waals surface area contributed by atoms with E-state index in [0.717, 1.165) is 51.1 Å². The first-order valence-corrected chi connectivity index (χ1v) is 10.3. The van der Waals surface area contributed by atoms with E-state index in [1.54, 1.807) is 6.26 Å². The van der Waals surface area contributed by atoms with Crippen molar-refractivity contribution < 1.29 is 13.9 Å². The number of hydrogen-bond acceptors (Lipinski definition) is 4. The molecule has 2 fully saturated rings. The van der Waals surface area contributed by atoms with Gasteiger partial charge in [-0.1, -0.05) is 18.2 Å². The lowest BCUT2D eigenvalue weighted by Crippen LogP contribution is -2.43. The van der Waals surface area contributed by atoms with Crippen LogP contribution in [0.1, 0.15) is 44.1 Å². The van der Waals surface area contributed by atoms with Gasteiger partial charge >= 0.3 is 6.09 Å². The van der Waals surface area contributed by atoms with E-state index in [9.17, 15) is 4.79 Å². The Kier molecular flexibility index (Phi) is 5.67. The number of furan rings is 1. The summed E-state index contributed by atoms with van der Waals surface area (Å²) in [6, 6.07) is 8.56. The van der Waals surface area contributed by atoms with E-state index < -0.39 is 0 Å². The van der Waals surface area contributed by atoms with E-state index in [1.165, 1.54) is 23.8 Å². The Morgan fingerprint density at radius 3 is 2.63 bits per heavy atom. The summed E-state index contributed by atoms with van der Waals surface area (Å²) in [6.07, 6.45) is 6.22. The molecule has 4 rings (SSSR count). The second kappa shape index (κ2) is 8.34. The number of ether oxygens (including phenoxy) is 1. The summed E-state index contributed by atoms with van der Waals surface area (Å²) in [5.74, 6) is 1.29. The SMILES string of the molecule is CCOC(=O)N1CCC(CN2CCC(c3cccc4ccoc34)CC2)CC1. The van der Waals surface area contributed by atoms with Crippen molar-refractivity contribution in [2.24, 2.45) is 5.92 Å². The number of fused-ring (bicyclic) bond motifs is 1. The van der Waals surface area contributed by atoms with Crippen LogP contribution in [0.25, 0.3) is 11.0 Å². The average molecular weight is 370 g/mol. The van der Waals surface area contributed by atoms with Crippen molar-refractivity contribution in [2.75, 3.05) is 39.3 Å². The molecule has 146 valence electrons. The van der Waals surface area contributed by atoms with E-state index in [0.29, 0.717) is 18.4 Å². The number of carbonyl (C=O) groups excluding carboxylic acids is 1. The van der Waals surface area contributed by atoms with Crippen LogP contribution < -0.4 is 0 Å². The van der Waals surface area contributed by atoms with Gasteiger partial charge in [0.15, 0.2) is 0 Å². The highest BCUT2D eigenvalue weighted by Crippen LogP contribution is 2.34. The number of rotatable bonds is 4. The Labute approximate surface area is 161 Å². The number of amides is 1. The van der Waals surface area contributed by atoms with E-state index in [-0.39, 0.29) is 6.09 Å². The molecule has 1 aromatic carbocycles. The van der Waals surface area contributed by atoms with E-state index in [4.69, 9.17) is 9.15 Å². The fourth-order valence-corrected chi connectivity index (χ4v) is 4.64. The zero-order valence-electron chi connectivity index (χ0n) is 16.2. The van der Waals surface area contributed by atoms with Crippen molar-refractivity contribution in [1.29, 1.82) is 0 Å². The quantitative estimate of drug-likeness (QED) is 0.796. The Morgan fingerprint density at radius 1 is 1.11 bits per heavy atom. The summed E-state index contributed by atoms with van der Waals surface area (Å²) in [4.78, 5) is 16.3. The van der Waals surface area contributed by atoms with Crippen LogP contribution in [0.5, 0.6) is 0 Å². The largest absolute Gasteiger partial charge is 0.464 e. The summed E-state index contributed by atoms with van der Waals surface area (Å²) in [7, 11) is 0. The number of piperidine rings is 2. The standard InChI is InChI=1S/C22H30N2O3/c1-2-26-22(25)24-13-6-17(7-14-24)16-23-11-8-18(9-12-23)20-5-3-4-19-10-15-27-21(19)20/h3-5,10,15,17-18H,2,6-9,11-14,16H2,1H3. The van der Waals surface area contributed by atoms with Gasteiger partial charge in [0.2, 0.25) is 0 Å². The fraction of sp³-hybridized carbons (Fsp3) is 0.591. The van der Waals surface area contributed by atoms with Gasteiger partial charge in [0.1, 0.15) is 5.58 Å². The van der Waals surface area contributed by atoms with Gasteiger partial charge in [0.05, 0.1) is 12.9 Å². The molecule has 2 saturated heterocycles. The molecule has 0 aliphatic carbocycles.